The minimum absolute atomic E-state index is 0.316. The fraction of sp³-hybridized carbons (Fsp3) is 0.412. The van der Waals surface area contributed by atoms with Gasteiger partial charge < -0.3 is 18.5 Å². The van der Waals surface area contributed by atoms with E-state index < -0.39 is 0 Å². The van der Waals surface area contributed by atoms with Crippen LogP contribution in [-0.2, 0) is 4.74 Å². The Hall–Kier alpha value is -2.74. The Labute approximate surface area is 144 Å². The third-order valence-corrected chi connectivity index (χ3v) is 4.32. The van der Waals surface area contributed by atoms with Crippen molar-refractivity contribution in [2.45, 2.75) is 25.7 Å². The maximum absolute atomic E-state index is 5.46. The summed E-state index contributed by atoms with van der Waals surface area (Å²) in [5.41, 5.74) is 2.05. The van der Waals surface area contributed by atoms with Crippen LogP contribution in [-0.4, -0.2) is 40.6 Å². The lowest BCUT2D eigenvalue weighted by molar-refractivity contribution is 0.0791. The van der Waals surface area contributed by atoms with Crippen molar-refractivity contribution in [2.75, 3.05) is 20.3 Å². The molecule has 1 aliphatic rings. The first-order valence-electron chi connectivity index (χ1n) is 8.14. The quantitative estimate of drug-likeness (QED) is 0.714. The van der Waals surface area contributed by atoms with Gasteiger partial charge in [-0.2, -0.15) is 4.98 Å². The highest BCUT2D eigenvalue weighted by atomic mass is 16.5. The molecule has 3 aromatic heterocycles. The summed E-state index contributed by atoms with van der Waals surface area (Å²) in [6.45, 7) is 3.36. The van der Waals surface area contributed by atoms with Crippen molar-refractivity contribution in [3.05, 3.63) is 29.8 Å². The molecule has 0 spiro atoms. The Morgan fingerprint density at radius 1 is 1.12 bits per heavy atom. The van der Waals surface area contributed by atoms with Crippen molar-refractivity contribution in [3.8, 4) is 28.7 Å². The molecule has 0 bridgehead atoms. The summed E-state index contributed by atoms with van der Waals surface area (Å²) in [5, 5.41) is 8.07. The van der Waals surface area contributed by atoms with Gasteiger partial charge in [0.1, 0.15) is 11.5 Å². The number of ether oxygens (including phenoxy) is 2. The Morgan fingerprint density at radius 3 is 2.76 bits per heavy atom. The van der Waals surface area contributed by atoms with Gasteiger partial charge >= 0.3 is 0 Å². The maximum Gasteiger partial charge on any atom is 0.280 e. The van der Waals surface area contributed by atoms with E-state index in [0.29, 0.717) is 34.6 Å². The molecular formula is C17H18N4O4. The fourth-order valence-corrected chi connectivity index (χ4v) is 2.85. The number of rotatable bonds is 4. The molecule has 1 aliphatic heterocycles. The second-order valence-corrected chi connectivity index (χ2v) is 5.94. The van der Waals surface area contributed by atoms with Crippen molar-refractivity contribution >= 4 is 0 Å². The second-order valence-electron chi connectivity index (χ2n) is 5.94. The van der Waals surface area contributed by atoms with Crippen LogP contribution >= 0.6 is 0 Å². The average molecular weight is 342 g/mol. The van der Waals surface area contributed by atoms with Gasteiger partial charge in [-0.25, -0.2) is 0 Å². The molecule has 0 saturated carbocycles. The zero-order valence-electron chi connectivity index (χ0n) is 14.1. The zero-order chi connectivity index (χ0) is 17.2. The molecule has 1 saturated heterocycles. The van der Waals surface area contributed by atoms with Gasteiger partial charge in [-0.15, -0.1) is 0 Å². The van der Waals surface area contributed by atoms with Crippen LogP contribution in [0.25, 0.3) is 23.0 Å². The summed E-state index contributed by atoms with van der Waals surface area (Å²) in [4.78, 5) is 8.67. The van der Waals surface area contributed by atoms with Crippen molar-refractivity contribution in [2.24, 2.45) is 0 Å². The highest BCUT2D eigenvalue weighted by molar-refractivity contribution is 5.59. The Morgan fingerprint density at radius 2 is 1.96 bits per heavy atom. The van der Waals surface area contributed by atoms with Crippen LogP contribution in [0.4, 0.5) is 0 Å². The molecular weight excluding hydrogens is 324 g/mol. The van der Waals surface area contributed by atoms with E-state index in [2.05, 4.69) is 20.3 Å². The summed E-state index contributed by atoms with van der Waals surface area (Å²) in [7, 11) is 1.60. The molecule has 0 atom stereocenters. The molecule has 8 nitrogen and oxygen atoms in total. The first-order chi connectivity index (χ1) is 12.2. The Kier molecular flexibility index (Phi) is 4.19. The molecule has 1 fully saturated rings. The summed E-state index contributed by atoms with van der Waals surface area (Å²) >= 11 is 0. The largest absolute Gasteiger partial charge is 0.495 e. The molecule has 25 heavy (non-hydrogen) atoms. The van der Waals surface area contributed by atoms with Crippen molar-refractivity contribution in [3.63, 3.8) is 0 Å². The average Bonchev–Trinajstić information content (AvgIpc) is 3.32. The van der Waals surface area contributed by atoms with Gasteiger partial charge in [0.15, 0.2) is 5.69 Å². The number of hydrogen-bond donors (Lipinski definition) is 0. The first kappa shape index (κ1) is 15.8. The number of aromatic nitrogens is 4. The predicted molar refractivity (Wildman–Crippen MR) is 87.1 cm³/mol. The fourth-order valence-electron chi connectivity index (χ4n) is 2.85. The van der Waals surface area contributed by atoms with Crippen LogP contribution in [0.2, 0.25) is 0 Å². The molecule has 3 aromatic rings. The SMILES string of the molecule is COc1cc(-c2noc(-c3cc(C4CCOCC4)on3)n2)cnc1C. The van der Waals surface area contributed by atoms with Crippen molar-refractivity contribution in [1.29, 1.82) is 0 Å². The predicted octanol–water partition coefficient (Wildman–Crippen LogP) is 3.00. The van der Waals surface area contributed by atoms with Crippen LogP contribution in [0.1, 0.15) is 30.2 Å². The van der Waals surface area contributed by atoms with E-state index in [0.717, 1.165) is 37.5 Å². The summed E-state index contributed by atoms with van der Waals surface area (Å²) in [6, 6.07) is 3.69. The third kappa shape index (κ3) is 3.12. The molecule has 0 aromatic carbocycles. The minimum Gasteiger partial charge on any atom is -0.495 e. The van der Waals surface area contributed by atoms with Crippen molar-refractivity contribution < 1.29 is 18.5 Å². The van der Waals surface area contributed by atoms with Crippen LogP contribution in [0, 0.1) is 6.92 Å². The Bertz CT molecular complexity index is 867. The van der Waals surface area contributed by atoms with E-state index in [4.69, 9.17) is 18.5 Å². The highest BCUT2D eigenvalue weighted by Crippen LogP contribution is 2.30. The summed E-state index contributed by atoms with van der Waals surface area (Å²) in [5.74, 6) is 2.57. The van der Waals surface area contributed by atoms with Crippen LogP contribution in [0.15, 0.2) is 27.4 Å². The van der Waals surface area contributed by atoms with E-state index in [9.17, 15) is 0 Å². The lowest BCUT2D eigenvalue weighted by Gasteiger charge is -2.18. The molecule has 130 valence electrons. The monoisotopic (exact) mass is 342 g/mol. The normalized spacial score (nSPS) is 15.4. The van der Waals surface area contributed by atoms with Gasteiger partial charge in [-0.3, -0.25) is 4.98 Å². The van der Waals surface area contributed by atoms with Gasteiger partial charge in [0.25, 0.3) is 5.89 Å². The molecule has 4 rings (SSSR count). The van der Waals surface area contributed by atoms with E-state index in [1.54, 1.807) is 13.3 Å². The highest BCUT2D eigenvalue weighted by Gasteiger charge is 2.23. The molecule has 0 amide bonds. The van der Waals surface area contributed by atoms with Gasteiger partial charge in [0.05, 0.1) is 12.8 Å². The second kappa shape index (κ2) is 6.64. The lowest BCUT2D eigenvalue weighted by Crippen LogP contribution is -2.13. The number of pyridine rings is 1. The summed E-state index contributed by atoms with van der Waals surface area (Å²) < 4.78 is 21.4. The molecule has 0 unspecified atom stereocenters. The standard InChI is InChI=1S/C17H18N4O4/c1-10-14(22-2)7-12(9-18-10)16-19-17(25-21-16)13-8-15(24-20-13)11-3-5-23-6-4-11/h7-9,11H,3-6H2,1-2H3. The topological polar surface area (TPSA) is 96.3 Å². The van der Waals surface area contributed by atoms with Crippen LogP contribution < -0.4 is 4.74 Å². The third-order valence-electron chi connectivity index (χ3n) is 4.32. The van der Waals surface area contributed by atoms with E-state index >= 15 is 0 Å². The number of nitrogens with zero attached hydrogens (tertiary/aromatic N) is 4. The minimum atomic E-state index is 0.316. The number of methoxy groups -OCH3 is 1. The Balaban J connectivity index is 1.58. The van der Waals surface area contributed by atoms with Crippen LogP contribution in [0.5, 0.6) is 5.75 Å². The summed E-state index contributed by atoms with van der Waals surface area (Å²) in [6.07, 6.45) is 3.54. The number of aryl methyl sites for hydroxylation is 1. The molecule has 8 heteroatoms. The smallest absolute Gasteiger partial charge is 0.280 e. The molecule has 0 N–H and O–H groups in total. The van der Waals surface area contributed by atoms with Gasteiger partial charge in [-0.1, -0.05) is 10.3 Å². The van der Waals surface area contributed by atoms with Gasteiger partial charge in [-0.05, 0) is 25.8 Å². The maximum atomic E-state index is 5.46. The number of hydrogen-bond acceptors (Lipinski definition) is 8. The molecule has 0 radical (unpaired) electrons. The van der Waals surface area contributed by atoms with E-state index in [1.807, 2.05) is 19.1 Å². The van der Waals surface area contributed by atoms with Gasteiger partial charge in [0.2, 0.25) is 5.82 Å². The van der Waals surface area contributed by atoms with E-state index in [-0.39, 0.29) is 0 Å². The van der Waals surface area contributed by atoms with Crippen LogP contribution in [0.3, 0.4) is 0 Å². The van der Waals surface area contributed by atoms with Crippen molar-refractivity contribution in [1.82, 2.24) is 20.3 Å². The zero-order valence-corrected chi connectivity index (χ0v) is 14.1. The van der Waals surface area contributed by atoms with E-state index in [1.165, 1.54) is 0 Å². The molecule has 4 heterocycles. The lowest BCUT2D eigenvalue weighted by atomic mass is 9.97. The molecule has 0 aliphatic carbocycles. The van der Waals surface area contributed by atoms with Gasteiger partial charge in [0, 0.05) is 37.0 Å². The first-order valence-corrected chi connectivity index (χ1v) is 8.14.